The lowest BCUT2D eigenvalue weighted by atomic mass is 9.74. The van der Waals surface area contributed by atoms with E-state index in [4.69, 9.17) is 18.9 Å². The Bertz CT molecular complexity index is 942. The van der Waals surface area contributed by atoms with Crippen LogP contribution < -0.4 is 0 Å². The quantitative estimate of drug-likeness (QED) is 0.279. The molecule has 10 nitrogen and oxygen atoms in total. The molecular formula is C35H65N3O7. The van der Waals surface area contributed by atoms with E-state index in [2.05, 4.69) is 23.6 Å². The summed E-state index contributed by atoms with van der Waals surface area (Å²) in [5.41, 5.74) is -2.29. The molecule has 3 rings (SSSR count). The van der Waals surface area contributed by atoms with Gasteiger partial charge in [0.2, 0.25) is 0 Å². The zero-order chi connectivity index (χ0) is 33.5. The van der Waals surface area contributed by atoms with E-state index < -0.39 is 41.4 Å². The first-order valence-electron chi connectivity index (χ1n) is 17.5. The van der Waals surface area contributed by atoms with Crippen LogP contribution in [0.15, 0.2) is 0 Å². The number of hydrogen-bond acceptors (Lipinski definition) is 10. The molecule has 1 unspecified atom stereocenters. The smallest absolute Gasteiger partial charge is 0.319 e. The number of hydrogen-bond donors (Lipinski definition) is 1. The highest BCUT2D eigenvalue weighted by Gasteiger charge is 2.51. The summed E-state index contributed by atoms with van der Waals surface area (Å²) in [4.78, 5) is 34.9. The van der Waals surface area contributed by atoms with E-state index in [0.29, 0.717) is 12.8 Å². The number of aliphatic hydroxyl groups is 1. The molecule has 0 amide bonds. The molecule has 0 saturated carbocycles. The first kappa shape index (κ1) is 38.3. The van der Waals surface area contributed by atoms with E-state index in [0.717, 1.165) is 38.9 Å². The fraction of sp³-hybridized carbons (Fsp3) is 0.943. The van der Waals surface area contributed by atoms with E-state index in [9.17, 15) is 14.7 Å². The molecule has 9 atom stereocenters. The summed E-state index contributed by atoms with van der Waals surface area (Å²) in [6, 6.07) is -0.0946. The van der Waals surface area contributed by atoms with Crippen molar-refractivity contribution in [3.63, 3.8) is 0 Å². The van der Waals surface area contributed by atoms with Crippen molar-refractivity contribution in [1.29, 1.82) is 0 Å². The van der Waals surface area contributed by atoms with Gasteiger partial charge in [-0.15, -0.1) is 0 Å². The summed E-state index contributed by atoms with van der Waals surface area (Å²) in [6.07, 6.45) is 3.99. The van der Waals surface area contributed by atoms with Crippen molar-refractivity contribution in [2.75, 3.05) is 60.5 Å². The van der Waals surface area contributed by atoms with Crippen LogP contribution in [0.25, 0.3) is 0 Å². The Morgan fingerprint density at radius 2 is 1.73 bits per heavy atom. The van der Waals surface area contributed by atoms with Crippen LogP contribution in [0.3, 0.4) is 0 Å². The Labute approximate surface area is 273 Å². The minimum atomic E-state index is -1.39. The first-order chi connectivity index (χ1) is 21.1. The molecule has 0 bridgehead atoms. The second-order valence-electron chi connectivity index (χ2n) is 15.2. The maximum absolute atomic E-state index is 14.2. The molecule has 0 aromatic heterocycles. The minimum absolute atomic E-state index is 0.0686. The van der Waals surface area contributed by atoms with E-state index in [1.54, 1.807) is 27.9 Å². The molecule has 3 aliphatic rings. The number of aliphatic hydroxyl groups excluding tert-OH is 1. The third-order valence-corrected chi connectivity index (χ3v) is 10.6. The first-order valence-corrected chi connectivity index (χ1v) is 17.5. The number of nitrogens with zero attached hydrogens (tertiary/aromatic N) is 3. The SMILES string of the molecule is CCCN1C[C@H](C)C[C@@](C)(OC)[C@H](O[C@@H]2O[C@H](C)CC(N(C)C)[C@H]2O)[C@@H](C)C(=O)C(C)(C)C(=O)OC[C@@H]1CCCN1CCCC1. The second kappa shape index (κ2) is 16.8. The third-order valence-electron chi connectivity index (χ3n) is 10.6. The van der Waals surface area contributed by atoms with Gasteiger partial charge in [-0.3, -0.25) is 14.5 Å². The van der Waals surface area contributed by atoms with Crippen LogP contribution in [-0.4, -0.2) is 134 Å². The van der Waals surface area contributed by atoms with Gasteiger partial charge in [0.15, 0.2) is 12.1 Å². The van der Waals surface area contributed by atoms with Crippen molar-refractivity contribution in [1.82, 2.24) is 14.7 Å². The largest absolute Gasteiger partial charge is 0.463 e. The lowest BCUT2D eigenvalue weighted by molar-refractivity contribution is -0.295. The summed E-state index contributed by atoms with van der Waals surface area (Å²) >= 11 is 0. The topological polar surface area (TPSA) is 101 Å². The van der Waals surface area contributed by atoms with Gasteiger partial charge >= 0.3 is 5.97 Å². The van der Waals surface area contributed by atoms with Crippen molar-refractivity contribution in [3.8, 4) is 0 Å². The molecule has 0 aliphatic carbocycles. The van der Waals surface area contributed by atoms with E-state index in [1.165, 1.54) is 25.9 Å². The molecule has 3 fully saturated rings. The molecule has 3 heterocycles. The van der Waals surface area contributed by atoms with Gasteiger partial charge in [-0.2, -0.15) is 0 Å². The maximum atomic E-state index is 14.2. The summed E-state index contributed by atoms with van der Waals surface area (Å²) in [5.74, 6) is -1.34. The van der Waals surface area contributed by atoms with Gasteiger partial charge < -0.3 is 33.9 Å². The Morgan fingerprint density at radius 3 is 2.33 bits per heavy atom. The highest BCUT2D eigenvalue weighted by atomic mass is 16.7. The Kier molecular flexibility index (Phi) is 14.3. The number of carbonyl (C=O) groups is 2. The van der Waals surface area contributed by atoms with Gasteiger partial charge in [0, 0.05) is 31.7 Å². The maximum Gasteiger partial charge on any atom is 0.319 e. The lowest BCUT2D eigenvalue weighted by Gasteiger charge is -2.47. The van der Waals surface area contributed by atoms with Gasteiger partial charge in [-0.05, 0) is 119 Å². The fourth-order valence-corrected chi connectivity index (χ4v) is 7.86. The molecule has 1 N–H and O–H groups in total. The number of Topliss-reactive ketones (excluding diaryl/α,β-unsaturated/α-hetero) is 1. The van der Waals surface area contributed by atoms with Gasteiger partial charge in [0.05, 0.1) is 17.8 Å². The zero-order valence-corrected chi connectivity index (χ0v) is 30.0. The molecule has 0 aromatic rings. The average molecular weight is 640 g/mol. The van der Waals surface area contributed by atoms with Crippen molar-refractivity contribution in [3.05, 3.63) is 0 Å². The monoisotopic (exact) mass is 639 g/mol. The molecule has 3 saturated heterocycles. The third kappa shape index (κ3) is 9.71. The number of likely N-dealkylation sites (tertiary alicyclic amines) is 1. The standard InChI is InChI=1S/C35H65N3O7/c1-11-16-38-22-24(2)21-35(7,42-10)31(45-32-29(39)28(36(8)9)20-25(3)44-32)26(4)30(40)34(5,6)33(41)43-23-27(38)15-14-19-37-17-12-13-18-37/h24-29,31-32,39H,11-23H2,1-10H3/t24-,25-,26+,27+,28?,29-,31-,32+,35-/m1/s1. The normalized spacial score (nSPS) is 38.0. The number of esters is 1. The summed E-state index contributed by atoms with van der Waals surface area (Å²) in [6.45, 7) is 18.8. The lowest BCUT2D eigenvalue weighted by Crippen LogP contribution is -2.59. The summed E-state index contributed by atoms with van der Waals surface area (Å²) in [7, 11) is 5.53. The van der Waals surface area contributed by atoms with Crippen LogP contribution >= 0.6 is 0 Å². The molecule has 0 radical (unpaired) electrons. The van der Waals surface area contributed by atoms with Crippen molar-refractivity contribution >= 4 is 11.8 Å². The van der Waals surface area contributed by atoms with Crippen LogP contribution in [0.5, 0.6) is 0 Å². The minimum Gasteiger partial charge on any atom is -0.463 e. The molecular weight excluding hydrogens is 574 g/mol. The van der Waals surface area contributed by atoms with Crippen LogP contribution in [0.1, 0.15) is 93.4 Å². The zero-order valence-electron chi connectivity index (χ0n) is 30.0. The molecule has 0 spiro atoms. The van der Waals surface area contributed by atoms with E-state index in [1.807, 2.05) is 32.8 Å². The number of ketones is 1. The van der Waals surface area contributed by atoms with Crippen LogP contribution in [-0.2, 0) is 28.5 Å². The highest BCUT2D eigenvalue weighted by molar-refractivity contribution is 6.04. The van der Waals surface area contributed by atoms with Crippen molar-refractivity contribution < 1.29 is 33.6 Å². The second-order valence-corrected chi connectivity index (χ2v) is 15.2. The molecule has 3 aliphatic heterocycles. The predicted molar refractivity (Wildman–Crippen MR) is 176 cm³/mol. The summed E-state index contributed by atoms with van der Waals surface area (Å²) in [5, 5.41) is 11.3. The fourth-order valence-electron chi connectivity index (χ4n) is 7.86. The molecule has 262 valence electrons. The van der Waals surface area contributed by atoms with Gasteiger partial charge in [-0.25, -0.2) is 0 Å². The number of methoxy groups -OCH3 is 1. The van der Waals surface area contributed by atoms with Crippen molar-refractivity contribution in [2.24, 2.45) is 17.3 Å². The molecule has 45 heavy (non-hydrogen) atoms. The number of likely N-dealkylation sites (N-methyl/N-ethyl adjacent to an activating group) is 1. The molecule has 0 aromatic carbocycles. The van der Waals surface area contributed by atoms with Gasteiger partial charge in [0.1, 0.15) is 18.1 Å². The van der Waals surface area contributed by atoms with Gasteiger partial charge in [0.25, 0.3) is 0 Å². The number of rotatable bonds is 10. The predicted octanol–water partition coefficient (Wildman–Crippen LogP) is 3.97. The van der Waals surface area contributed by atoms with Crippen LogP contribution in [0, 0.1) is 17.3 Å². The van der Waals surface area contributed by atoms with Crippen LogP contribution in [0.4, 0.5) is 0 Å². The van der Waals surface area contributed by atoms with Crippen molar-refractivity contribution in [2.45, 2.75) is 136 Å². The molecule has 10 heteroatoms. The van der Waals surface area contributed by atoms with E-state index in [-0.39, 0.29) is 36.5 Å². The number of cyclic esters (lactones) is 1. The Hall–Kier alpha value is -1.14. The summed E-state index contributed by atoms with van der Waals surface area (Å²) < 4.78 is 25.1. The Balaban J connectivity index is 1.95. The van der Waals surface area contributed by atoms with Crippen LogP contribution in [0.2, 0.25) is 0 Å². The van der Waals surface area contributed by atoms with E-state index >= 15 is 0 Å². The Morgan fingerprint density at radius 1 is 1.07 bits per heavy atom. The average Bonchev–Trinajstić information content (AvgIpc) is 3.50. The highest BCUT2D eigenvalue weighted by Crippen LogP contribution is 2.38. The number of ether oxygens (including phenoxy) is 4. The van der Waals surface area contributed by atoms with Gasteiger partial charge in [-0.1, -0.05) is 20.8 Å². The number of carbonyl (C=O) groups excluding carboxylic acids is 2.